The second kappa shape index (κ2) is 8.31. The van der Waals surface area contributed by atoms with Crippen LogP contribution in [0.1, 0.15) is 29.8 Å². The summed E-state index contributed by atoms with van der Waals surface area (Å²) in [5.41, 5.74) is 3.04. The molecule has 2 aromatic carbocycles. The van der Waals surface area contributed by atoms with Crippen LogP contribution in [0.5, 0.6) is 5.75 Å². The number of carbonyl (C=O) groups excluding carboxylic acids is 1. The van der Waals surface area contributed by atoms with E-state index < -0.39 is 0 Å². The molecule has 6 nitrogen and oxygen atoms in total. The van der Waals surface area contributed by atoms with E-state index in [2.05, 4.69) is 20.6 Å². The molecule has 3 aromatic rings. The second-order valence-electron chi connectivity index (χ2n) is 6.40. The molecule has 1 amide bonds. The van der Waals surface area contributed by atoms with Gasteiger partial charge in [-0.3, -0.25) is 4.79 Å². The van der Waals surface area contributed by atoms with Crippen LogP contribution in [0.3, 0.4) is 0 Å². The quantitative estimate of drug-likeness (QED) is 0.672. The number of rotatable bonds is 6. The van der Waals surface area contributed by atoms with Gasteiger partial charge in [0, 0.05) is 18.1 Å². The number of nitrogens with one attached hydrogen (secondary N) is 2. The van der Waals surface area contributed by atoms with Gasteiger partial charge in [0.2, 0.25) is 5.95 Å². The van der Waals surface area contributed by atoms with Crippen LogP contribution in [0.2, 0.25) is 0 Å². The Morgan fingerprint density at radius 3 is 2.33 bits per heavy atom. The fraction of sp³-hybridized carbons (Fsp3) is 0.190. The predicted octanol–water partition coefficient (Wildman–Crippen LogP) is 4.57. The molecule has 1 aromatic heterocycles. The molecule has 6 heteroatoms. The Balaban J connectivity index is 1.68. The van der Waals surface area contributed by atoms with E-state index in [0.717, 1.165) is 5.69 Å². The average molecular weight is 362 g/mol. The maximum Gasteiger partial charge on any atom is 0.258 e. The molecule has 1 heterocycles. The van der Waals surface area contributed by atoms with Crippen molar-refractivity contribution in [3.63, 3.8) is 0 Å². The van der Waals surface area contributed by atoms with Crippen molar-refractivity contribution in [2.45, 2.75) is 26.9 Å². The summed E-state index contributed by atoms with van der Waals surface area (Å²) in [7, 11) is 0. The van der Waals surface area contributed by atoms with E-state index in [9.17, 15) is 4.79 Å². The number of aryl methyl sites for hydroxylation is 1. The maximum absolute atomic E-state index is 12.5. The predicted molar refractivity (Wildman–Crippen MR) is 107 cm³/mol. The van der Waals surface area contributed by atoms with Gasteiger partial charge < -0.3 is 15.4 Å². The van der Waals surface area contributed by atoms with Gasteiger partial charge in [0.25, 0.3) is 5.91 Å². The molecule has 0 bridgehead atoms. The Bertz CT molecular complexity index is 906. The third-order valence-corrected chi connectivity index (χ3v) is 3.72. The monoisotopic (exact) mass is 362 g/mol. The Morgan fingerprint density at radius 2 is 1.67 bits per heavy atom. The van der Waals surface area contributed by atoms with Gasteiger partial charge in [-0.1, -0.05) is 29.8 Å². The second-order valence-corrected chi connectivity index (χ2v) is 6.40. The third-order valence-electron chi connectivity index (χ3n) is 3.72. The summed E-state index contributed by atoms with van der Waals surface area (Å²) in [6.45, 7) is 5.90. The summed E-state index contributed by atoms with van der Waals surface area (Å²) in [5.74, 6) is 0.759. The third kappa shape index (κ3) is 5.04. The van der Waals surface area contributed by atoms with Crippen molar-refractivity contribution in [2.75, 3.05) is 10.6 Å². The Morgan fingerprint density at radius 1 is 1.00 bits per heavy atom. The first kappa shape index (κ1) is 18.4. The van der Waals surface area contributed by atoms with Gasteiger partial charge in [-0.05, 0) is 45.0 Å². The molecular formula is C21H22N4O2. The number of nitrogens with zero attached hydrogens (tertiary/aromatic N) is 2. The van der Waals surface area contributed by atoms with Crippen molar-refractivity contribution < 1.29 is 9.53 Å². The molecule has 138 valence electrons. The highest BCUT2D eigenvalue weighted by Gasteiger charge is 2.12. The molecule has 0 fully saturated rings. The lowest BCUT2D eigenvalue weighted by atomic mass is 10.2. The normalized spacial score (nSPS) is 10.5. The first-order chi connectivity index (χ1) is 13.0. The van der Waals surface area contributed by atoms with E-state index in [1.165, 1.54) is 18.0 Å². The largest absolute Gasteiger partial charge is 0.489 e. The SMILES string of the molecule is Cc1ccc(Nc2ncc(C(=O)Nc3ccccc3OC(C)C)cn2)cc1. The van der Waals surface area contributed by atoms with Crippen molar-refractivity contribution >= 4 is 23.2 Å². The minimum absolute atomic E-state index is 0.0125. The Hall–Kier alpha value is -3.41. The standard InChI is InChI=1S/C21H22N4O2/c1-14(2)27-19-7-5-4-6-18(19)25-20(26)16-12-22-21(23-13-16)24-17-10-8-15(3)9-11-17/h4-14H,1-3H3,(H,25,26)(H,22,23,24). The molecule has 0 atom stereocenters. The lowest BCUT2D eigenvalue weighted by Gasteiger charge is -2.14. The molecule has 0 aliphatic carbocycles. The van der Waals surface area contributed by atoms with E-state index in [1.54, 1.807) is 6.07 Å². The van der Waals surface area contributed by atoms with Gasteiger partial charge in [0.1, 0.15) is 5.75 Å². The highest BCUT2D eigenvalue weighted by atomic mass is 16.5. The number of benzene rings is 2. The lowest BCUT2D eigenvalue weighted by molar-refractivity contribution is 0.102. The van der Waals surface area contributed by atoms with Gasteiger partial charge >= 0.3 is 0 Å². The zero-order chi connectivity index (χ0) is 19.2. The van der Waals surface area contributed by atoms with Gasteiger partial charge in [-0.2, -0.15) is 0 Å². The first-order valence-electron chi connectivity index (χ1n) is 8.74. The number of hydrogen-bond acceptors (Lipinski definition) is 5. The van der Waals surface area contributed by atoms with E-state index in [1.807, 2.05) is 63.2 Å². The van der Waals surface area contributed by atoms with Gasteiger partial charge in [0.15, 0.2) is 0 Å². The van der Waals surface area contributed by atoms with Crippen LogP contribution >= 0.6 is 0 Å². The number of aromatic nitrogens is 2. The zero-order valence-electron chi connectivity index (χ0n) is 15.6. The Labute approximate surface area is 158 Å². The molecule has 0 aliphatic heterocycles. The number of para-hydroxylation sites is 2. The van der Waals surface area contributed by atoms with E-state index in [0.29, 0.717) is 22.9 Å². The van der Waals surface area contributed by atoms with Crippen molar-refractivity contribution in [3.05, 3.63) is 72.1 Å². The van der Waals surface area contributed by atoms with Crippen LogP contribution in [0, 0.1) is 6.92 Å². The summed E-state index contributed by atoms with van der Waals surface area (Å²) < 4.78 is 5.72. The summed E-state index contributed by atoms with van der Waals surface area (Å²) in [6.07, 6.45) is 2.99. The summed E-state index contributed by atoms with van der Waals surface area (Å²) in [5, 5.41) is 5.95. The maximum atomic E-state index is 12.5. The molecule has 2 N–H and O–H groups in total. The van der Waals surface area contributed by atoms with Crippen LogP contribution in [0.4, 0.5) is 17.3 Å². The van der Waals surface area contributed by atoms with Crippen molar-refractivity contribution in [1.82, 2.24) is 9.97 Å². The lowest BCUT2D eigenvalue weighted by Crippen LogP contribution is -2.15. The van der Waals surface area contributed by atoms with E-state index >= 15 is 0 Å². The number of anilines is 3. The molecule has 0 aliphatic rings. The smallest absolute Gasteiger partial charge is 0.258 e. The Kier molecular flexibility index (Phi) is 5.66. The van der Waals surface area contributed by atoms with Gasteiger partial charge in [-0.25, -0.2) is 9.97 Å². The summed E-state index contributed by atoms with van der Waals surface area (Å²) in [6, 6.07) is 15.2. The molecule has 0 unspecified atom stereocenters. The highest BCUT2D eigenvalue weighted by Crippen LogP contribution is 2.25. The molecular weight excluding hydrogens is 340 g/mol. The van der Waals surface area contributed by atoms with Crippen molar-refractivity contribution in [2.24, 2.45) is 0 Å². The molecule has 0 saturated carbocycles. The number of amides is 1. The summed E-state index contributed by atoms with van der Waals surface area (Å²) in [4.78, 5) is 20.9. The fourth-order valence-corrected chi connectivity index (χ4v) is 2.40. The molecule has 3 rings (SSSR count). The number of carbonyl (C=O) groups is 1. The van der Waals surface area contributed by atoms with Gasteiger partial charge in [-0.15, -0.1) is 0 Å². The molecule has 0 radical (unpaired) electrons. The highest BCUT2D eigenvalue weighted by molar-refractivity contribution is 6.04. The summed E-state index contributed by atoms with van der Waals surface area (Å²) >= 11 is 0. The fourth-order valence-electron chi connectivity index (χ4n) is 2.40. The number of ether oxygens (including phenoxy) is 1. The van der Waals surface area contributed by atoms with Crippen molar-refractivity contribution in [3.8, 4) is 5.75 Å². The van der Waals surface area contributed by atoms with E-state index in [-0.39, 0.29) is 12.0 Å². The first-order valence-corrected chi connectivity index (χ1v) is 8.74. The number of hydrogen-bond donors (Lipinski definition) is 2. The topological polar surface area (TPSA) is 76.1 Å². The van der Waals surface area contributed by atoms with Crippen LogP contribution in [0.15, 0.2) is 60.9 Å². The molecule has 0 spiro atoms. The minimum atomic E-state index is -0.295. The average Bonchev–Trinajstić information content (AvgIpc) is 2.65. The van der Waals surface area contributed by atoms with Crippen LogP contribution in [0.25, 0.3) is 0 Å². The van der Waals surface area contributed by atoms with Gasteiger partial charge in [0.05, 0.1) is 17.4 Å². The molecule has 27 heavy (non-hydrogen) atoms. The van der Waals surface area contributed by atoms with E-state index in [4.69, 9.17) is 4.74 Å². The van der Waals surface area contributed by atoms with Crippen LogP contribution in [-0.2, 0) is 0 Å². The molecule has 0 saturated heterocycles. The zero-order valence-corrected chi connectivity index (χ0v) is 15.6. The van der Waals surface area contributed by atoms with Crippen LogP contribution < -0.4 is 15.4 Å². The minimum Gasteiger partial charge on any atom is -0.489 e. The van der Waals surface area contributed by atoms with Crippen molar-refractivity contribution in [1.29, 1.82) is 0 Å². The van der Waals surface area contributed by atoms with Crippen LogP contribution in [-0.4, -0.2) is 22.0 Å².